The van der Waals surface area contributed by atoms with Crippen LogP contribution in [0.2, 0.25) is 0 Å². The third-order valence-corrected chi connectivity index (χ3v) is 10.8. The second kappa shape index (κ2) is 29.7. The van der Waals surface area contributed by atoms with Gasteiger partial charge in [0.15, 0.2) is 0 Å². The SMILES string of the molecule is Cc1ncsc1-c1ccc(CNC(=O)[C@@H]2C[C@@H](O)CN2C(=O)[C@@H](NC(=O)CCOCCOCCOCCOCCOCCOCCN2CCNCC2)C(C)(C)C)cc1.Cl.Cl. The monoisotopic (exact) mass is 906 g/mol. The summed E-state index contributed by atoms with van der Waals surface area (Å²) in [5.41, 5.74) is 4.10. The Hall–Kier alpha value is -2.52. The van der Waals surface area contributed by atoms with Gasteiger partial charge < -0.3 is 54.4 Å². The van der Waals surface area contributed by atoms with E-state index in [4.69, 9.17) is 28.4 Å². The summed E-state index contributed by atoms with van der Waals surface area (Å²) in [5.74, 6) is -1.11. The van der Waals surface area contributed by atoms with E-state index in [2.05, 4.69) is 25.8 Å². The number of benzene rings is 1. The molecule has 0 aliphatic carbocycles. The van der Waals surface area contributed by atoms with Gasteiger partial charge in [-0.2, -0.15) is 0 Å². The minimum atomic E-state index is -0.909. The van der Waals surface area contributed by atoms with Crippen molar-refractivity contribution in [3.05, 3.63) is 41.0 Å². The van der Waals surface area contributed by atoms with E-state index in [-0.39, 0.29) is 69.2 Å². The molecule has 2 saturated heterocycles. The van der Waals surface area contributed by atoms with Gasteiger partial charge in [-0.25, -0.2) is 4.98 Å². The van der Waals surface area contributed by atoms with Crippen molar-refractivity contribution in [2.45, 2.75) is 65.3 Å². The van der Waals surface area contributed by atoms with Crippen LogP contribution in [0.3, 0.4) is 0 Å². The van der Waals surface area contributed by atoms with Gasteiger partial charge in [0, 0.05) is 58.7 Å². The standard InChI is InChI=1S/C41H66N6O10S.2ClH/c1-31-37(58-30-44-31)33-7-5-32(6-8-33)28-43-39(50)35-27-34(48)29-47(35)40(51)38(41(2,3)4)45-36(49)9-15-52-17-19-54-21-23-56-25-26-57-24-22-55-20-18-53-16-14-46-12-10-42-11-13-46;;/h5-8,30,34-35,38,42,48H,9-29H2,1-4H3,(H,43,50)(H,45,49);2*1H/t34-,35+,38-;;/m1../s1. The van der Waals surface area contributed by atoms with Crippen molar-refractivity contribution in [1.82, 2.24) is 30.7 Å². The highest BCUT2D eigenvalue weighted by Crippen LogP contribution is 2.28. The van der Waals surface area contributed by atoms with Crippen LogP contribution in [0.5, 0.6) is 0 Å². The van der Waals surface area contributed by atoms with Gasteiger partial charge >= 0.3 is 0 Å². The summed E-state index contributed by atoms with van der Waals surface area (Å²) in [7, 11) is 0. The lowest BCUT2D eigenvalue weighted by Crippen LogP contribution is -2.57. The van der Waals surface area contributed by atoms with E-state index in [1.807, 2.05) is 57.5 Å². The average molecular weight is 908 g/mol. The maximum absolute atomic E-state index is 13.9. The second-order valence-corrected chi connectivity index (χ2v) is 16.3. The zero-order valence-corrected chi connectivity index (χ0v) is 38.1. The molecule has 3 atom stereocenters. The molecule has 3 heterocycles. The molecule has 0 saturated carbocycles. The lowest BCUT2D eigenvalue weighted by molar-refractivity contribution is -0.144. The fraction of sp³-hybridized carbons (Fsp3) is 0.707. The lowest BCUT2D eigenvalue weighted by Gasteiger charge is -2.35. The van der Waals surface area contributed by atoms with E-state index in [9.17, 15) is 19.5 Å². The van der Waals surface area contributed by atoms with Crippen molar-refractivity contribution in [3.63, 3.8) is 0 Å². The van der Waals surface area contributed by atoms with Crippen LogP contribution in [0.25, 0.3) is 10.4 Å². The van der Waals surface area contributed by atoms with Gasteiger partial charge in [0.05, 0.1) is 101 Å². The first-order valence-electron chi connectivity index (χ1n) is 20.5. The molecular weight excluding hydrogens is 839 g/mol. The molecular formula is C41H68Cl2N6O10S. The van der Waals surface area contributed by atoms with Gasteiger partial charge in [0.25, 0.3) is 0 Å². The van der Waals surface area contributed by atoms with Crippen molar-refractivity contribution in [2.75, 3.05) is 119 Å². The molecule has 2 aliphatic rings. The van der Waals surface area contributed by atoms with E-state index >= 15 is 0 Å². The van der Waals surface area contributed by atoms with Crippen LogP contribution in [-0.4, -0.2) is 174 Å². The number of carbonyl (C=O) groups is 3. The summed E-state index contributed by atoms with van der Waals surface area (Å²) in [6.45, 7) is 18.4. The third kappa shape index (κ3) is 19.7. The van der Waals surface area contributed by atoms with Gasteiger partial charge in [-0.05, 0) is 23.5 Å². The van der Waals surface area contributed by atoms with Gasteiger partial charge in [0.1, 0.15) is 12.1 Å². The van der Waals surface area contributed by atoms with Crippen molar-refractivity contribution in [1.29, 1.82) is 0 Å². The molecule has 19 heteroatoms. The zero-order valence-electron chi connectivity index (χ0n) is 35.7. The summed E-state index contributed by atoms with van der Waals surface area (Å²) < 4.78 is 33.3. The number of aromatic nitrogens is 1. The van der Waals surface area contributed by atoms with Crippen molar-refractivity contribution < 1.29 is 47.9 Å². The second-order valence-electron chi connectivity index (χ2n) is 15.5. The minimum Gasteiger partial charge on any atom is -0.391 e. The largest absolute Gasteiger partial charge is 0.391 e. The fourth-order valence-corrected chi connectivity index (χ4v) is 7.32. The average Bonchev–Trinajstić information content (AvgIpc) is 3.83. The van der Waals surface area contributed by atoms with Crippen LogP contribution < -0.4 is 16.0 Å². The van der Waals surface area contributed by atoms with Gasteiger partial charge in [0.2, 0.25) is 17.7 Å². The molecule has 60 heavy (non-hydrogen) atoms. The van der Waals surface area contributed by atoms with E-state index in [0.717, 1.165) is 61.0 Å². The first-order chi connectivity index (χ1) is 28.0. The van der Waals surface area contributed by atoms with E-state index in [1.54, 1.807) is 11.3 Å². The maximum atomic E-state index is 13.9. The minimum absolute atomic E-state index is 0. The van der Waals surface area contributed by atoms with E-state index < -0.39 is 29.5 Å². The molecule has 4 rings (SSSR count). The number of carbonyl (C=O) groups excluding carboxylic acids is 3. The number of piperazine rings is 1. The molecule has 2 aliphatic heterocycles. The number of nitrogens with zero attached hydrogens (tertiary/aromatic N) is 3. The lowest BCUT2D eigenvalue weighted by atomic mass is 9.85. The van der Waals surface area contributed by atoms with Gasteiger partial charge in [-0.15, -0.1) is 36.2 Å². The number of amides is 3. The first kappa shape index (κ1) is 53.6. The highest BCUT2D eigenvalue weighted by atomic mass is 35.5. The number of aliphatic hydroxyl groups is 1. The van der Waals surface area contributed by atoms with E-state index in [1.165, 1.54) is 4.90 Å². The smallest absolute Gasteiger partial charge is 0.246 e. The topological polar surface area (TPSA) is 182 Å². The Bertz CT molecular complexity index is 1500. The zero-order chi connectivity index (χ0) is 41.6. The van der Waals surface area contributed by atoms with Crippen LogP contribution in [0.1, 0.15) is 44.9 Å². The quantitative estimate of drug-likeness (QED) is 0.0962. The Labute approximate surface area is 371 Å². The number of aliphatic hydroxyl groups excluding tert-OH is 1. The Morgan fingerprint density at radius 1 is 0.850 bits per heavy atom. The molecule has 0 radical (unpaired) electrons. The highest BCUT2D eigenvalue weighted by Gasteiger charge is 2.44. The van der Waals surface area contributed by atoms with Crippen LogP contribution in [-0.2, 0) is 49.3 Å². The van der Waals surface area contributed by atoms with Crippen LogP contribution in [0.15, 0.2) is 29.8 Å². The van der Waals surface area contributed by atoms with Crippen LogP contribution in [0.4, 0.5) is 0 Å². The molecule has 1 aromatic heterocycles. The summed E-state index contributed by atoms with van der Waals surface area (Å²) in [6, 6.07) is 6.13. The van der Waals surface area contributed by atoms with Crippen LogP contribution >= 0.6 is 36.2 Å². The fourth-order valence-electron chi connectivity index (χ4n) is 6.51. The molecule has 2 aromatic rings. The Balaban J connectivity index is 0.00000620. The number of rotatable bonds is 27. The number of thiazole rings is 1. The number of halogens is 2. The molecule has 4 N–H and O–H groups in total. The summed E-state index contributed by atoms with van der Waals surface area (Å²) in [6.07, 6.45) is -0.682. The number of ether oxygens (including phenoxy) is 6. The van der Waals surface area contributed by atoms with Crippen molar-refractivity contribution >= 4 is 53.9 Å². The third-order valence-electron chi connectivity index (χ3n) is 9.81. The van der Waals surface area contributed by atoms with Gasteiger partial charge in [-0.1, -0.05) is 45.0 Å². The van der Waals surface area contributed by atoms with Gasteiger partial charge in [-0.3, -0.25) is 19.3 Å². The molecule has 3 amide bonds. The number of β-amino-alcohol motifs (C(OH)–C–C–N with tert-alkyl or cyclic N) is 1. The molecule has 0 spiro atoms. The predicted octanol–water partition coefficient (Wildman–Crippen LogP) is 2.47. The van der Waals surface area contributed by atoms with Crippen LogP contribution in [0, 0.1) is 12.3 Å². The highest BCUT2D eigenvalue weighted by molar-refractivity contribution is 7.13. The summed E-state index contributed by atoms with van der Waals surface area (Å²) >= 11 is 1.58. The molecule has 1 aromatic carbocycles. The summed E-state index contributed by atoms with van der Waals surface area (Å²) in [4.78, 5) is 49.3. The van der Waals surface area contributed by atoms with Crippen molar-refractivity contribution in [3.8, 4) is 10.4 Å². The van der Waals surface area contributed by atoms with Crippen molar-refractivity contribution in [2.24, 2.45) is 5.41 Å². The number of nitrogens with one attached hydrogen (secondary N) is 3. The number of aryl methyl sites for hydroxylation is 1. The molecule has 2 fully saturated rings. The Morgan fingerprint density at radius 3 is 1.90 bits per heavy atom. The normalized spacial score (nSPS) is 17.4. The maximum Gasteiger partial charge on any atom is 0.246 e. The number of hydrogen-bond donors (Lipinski definition) is 4. The Morgan fingerprint density at radius 2 is 1.38 bits per heavy atom. The number of hydrogen-bond acceptors (Lipinski definition) is 14. The molecule has 16 nitrogen and oxygen atoms in total. The number of likely N-dealkylation sites (tertiary alicyclic amines) is 1. The molecule has 0 unspecified atom stereocenters. The Kier molecular flexibility index (Phi) is 26.6. The molecule has 342 valence electrons. The summed E-state index contributed by atoms with van der Waals surface area (Å²) in [5, 5.41) is 19.6. The van der Waals surface area contributed by atoms with E-state index in [0.29, 0.717) is 66.1 Å². The molecule has 0 bridgehead atoms. The predicted molar refractivity (Wildman–Crippen MR) is 235 cm³/mol. The first-order valence-corrected chi connectivity index (χ1v) is 21.4.